The van der Waals surface area contributed by atoms with Crippen molar-refractivity contribution < 1.29 is 39.6 Å². The molecule has 0 spiro atoms. The third-order valence-corrected chi connectivity index (χ3v) is 9.56. The zero-order valence-corrected chi connectivity index (χ0v) is 24.3. The summed E-state index contributed by atoms with van der Waals surface area (Å²) >= 11 is 2.96. The van der Waals surface area contributed by atoms with Gasteiger partial charge in [0.25, 0.3) is 0 Å². The monoisotopic (exact) mass is 568 g/mol. The first-order chi connectivity index (χ1) is 18.0. The molecule has 0 heterocycles. The Morgan fingerprint density at radius 2 is 1.21 bits per heavy atom. The number of carboxylic acids is 4. The van der Waals surface area contributed by atoms with Gasteiger partial charge < -0.3 is 30.0 Å². The van der Waals surface area contributed by atoms with E-state index in [0.29, 0.717) is 61.2 Å². The average molecular weight is 569 g/mol. The van der Waals surface area contributed by atoms with E-state index < -0.39 is 52.1 Å². The molecule has 0 aliphatic rings. The molecular formula is C28H40O8S2-2. The van der Waals surface area contributed by atoms with E-state index in [1.165, 1.54) is 29.6 Å². The Bertz CT molecular complexity index is 949. The van der Waals surface area contributed by atoms with Gasteiger partial charge in [0, 0.05) is 21.6 Å². The predicted octanol–water partition coefficient (Wildman–Crippen LogP) is 4.56. The highest BCUT2D eigenvalue weighted by atomic mass is 32.2. The molecule has 0 aliphatic heterocycles. The van der Waals surface area contributed by atoms with Crippen molar-refractivity contribution in [3.8, 4) is 0 Å². The fourth-order valence-corrected chi connectivity index (χ4v) is 7.36. The minimum atomic E-state index is -1.60. The number of carboxylic acid groups (broad SMARTS) is 4. The molecule has 0 amide bonds. The van der Waals surface area contributed by atoms with Gasteiger partial charge in [-0.15, -0.1) is 0 Å². The second-order valence-corrected chi connectivity index (χ2v) is 11.9. The lowest BCUT2D eigenvalue weighted by molar-refractivity contribution is -0.259. The highest BCUT2D eigenvalue weighted by Crippen LogP contribution is 2.44. The molecule has 0 saturated heterocycles. The number of hydrogen-bond donors (Lipinski definition) is 2. The maximum absolute atomic E-state index is 12.3. The van der Waals surface area contributed by atoms with Crippen molar-refractivity contribution in [2.24, 2.45) is 11.8 Å². The average Bonchev–Trinajstić information content (AvgIpc) is 2.86. The lowest BCUT2D eigenvalue weighted by atomic mass is 9.90. The van der Waals surface area contributed by atoms with E-state index in [1.54, 1.807) is 6.07 Å². The fourth-order valence-electron chi connectivity index (χ4n) is 4.67. The highest BCUT2D eigenvalue weighted by molar-refractivity contribution is 7.99. The highest BCUT2D eigenvalue weighted by Gasteiger charge is 2.27. The molecule has 0 radical (unpaired) electrons. The summed E-state index contributed by atoms with van der Waals surface area (Å²) in [6.45, 7) is 7.69. The van der Waals surface area contributed by atoms with Crippen molar-refractivity contribution in [1.82, 2.24) is 0 Å². The molecule has 0 fully saturated rings. The van der Waals surface area contributed by atoms with Gasteiger partial charge in [-0.05, 0) is 61.2 Å². The van der Waals surface area contributed by atoms with E-state index >= 15 is 0 Å². The molecule has 10 heteroatoms. The lowest BCUT2D eigenvalue weighted by Crippen LogP contribution is -2.32. The quantitative estimate of drug-likeness (QED) is 0.229. The van der Waals surface area contributed by atoms with Gasteiger partial charge in [0.15, 0.2) is 0 Å². The summed E-state index contributed by atoms with van der Waals surface area (Å²) in [5.74, 6) is -4.81. The van der Waals surface area contributed by atoms with Crippen molar-refractivity contribution >= 4 is 47.4 Å². The van der Waals surface area contributed by atoms with Gasteiger partial charge in [-0.3, -0.25) is 9.59 Å². The summed E-state index contributed by atoms with van der Waals surface area (Å²) < 4.78 is 0. The van der Waals surface area contributed by atoms with Crippen LogP contribution in [-0.4, -0.2) is 45.6 Å². The molecule has 214 valence electrons. The van der Waals surface area contributed by atoms with E-state index in [4.69, 9.17) is 0 Å². The molecule has 1 aromatic rings. The molecule has 1 rings (SSSR count). The predicted molar refractivity (Wildman–Crippen MR) is 147 cm³/mol. The van der Waals surface area contributed by atoms with Crippen molar-refractivity contribution in [3.63, 3.8) is 0 Å². The second kappa shape index (κ2) is 17.4. The standard InChI is InChI=1S/C28H42O8S2/c1-5-9-17(25(29)30)13-15-37-21(7-3)19-11-12-20(27(33)34)24(28(35)36)23(19)22(8-4)38-16-14-18(10-6-2)26(31)32/h11-12,17-18,21-22H,5-10,13-16H2,1-4H3,(H,29,30)(H,31,32)(H,33,34)(H,35,36)/p-2. The van der Waals surface area contributed by atoms with Crippen LogP contribution in [0.25, 0.3) is 0 Å². The first-order valence-electron chi connectivity index (χ1n) is 13.3. The van der Waals surface area contributed by atoms with Gasteiger partial charge in [0.2, 0.25) is 0 Å². The summed E-state index contributed by atoms with van der Waals surface area (Å²) in [6.07, 6.45) is 4.65. The van der Waals surface area contributed by atoms with Gasteiger partial charge in [-0.1, -0.05) is 52.7 Å². The van der Waals surface area contributed by atoms with Gasteiger partial charge >= 0.3 is 11.9 Å². The number of thioether (sulfide) groups is 2. The van der Waals surface area contributed by atoms with Crippen molar-refractivity contribution in [3.05, 3.63) is 34.4 Å². The van der Waals surface area contributed by atoms with E-state index in [2.05, 4.69) is 0 Å². The number of carbonyl (C=O) groups excluding carboxylic acids is 2. The molecule has 38 heavy (non-hydrogen) atoms. The second-order valence-electron chi connectivity index (χ2n) is 9.33. The Morgan fingerprint density at radius 3 is 1.58 bits per heavy atom. The first-order valence-corrected chi connectivity index (χ1v) is 15.4. The minimum Gasteiger partial charge on any atom is -0.545 e. The summed E-state index contributed by atoms with van der Waals surface area (Å²) in [5, 5.41) is 42.5. The third kappa shape index (κ3) is 9.84. The molecule has 0 bridgehead atoms. The molecule has 0 saturated carbocycles. The Labute approximate surface area is 234 Å². The van der Waals surface area contributed by atoms with Crippen LogP contribution in [-0.2, 0) is 9.59 Å². The minimum absolute atomic E-state index is 0.184. The van der Waals surface area contributed by atoms with Crippen molar-refractivity contribution in [1.29, 1.82) is 0 Å². The van der Waals surface area contributed by atoms with Crippen molar-refractivity contribution in [2.75, 3.05) is 11.5 Å². The van der Waals surface area contributed by atoms with Crippen LogP contribution >= 0.6 is 23.5 Å². The number of aromatic carboxylic acids is 2. The summed E-state index contributed by atoms with van der Waals surface area (Å²) in [7, 11) is 0. The van der Waals surface area contributed by atoms with Gasteiger partial charge in [-0.2, -0.15) is 23.5 Å². The molecule has 4 unspecified atom stereocenters. The van der Waals surface area contributed by atoms with Crippen molar-refractivity contribution in [2.45, 2.75) is 89.6 Å². The number of carbonyl (C=O) groups is 4. The summed E-state index contributed by atoms with van der Waals surface area (Å²) in [5.41, 5.74) is 0.237. The van der Waals surface area contributed by atoms with Crippen LogP contribution in [0.2, 0.25) is 0 Å². The first kappa shape index (κ1) is 33.8. The van der Waals surface area contributed by atoms with Crippen LogP contribution in [0.3, 0.4) is 0 Å². The van der Waals surface area contributed by atoms with Crippen LogP contribution in [0.1, 0.15) is 121 Å². The molecule has 1 aromatic carbocycles. The number of rotatable bonds is 20. The zero-order chi connectivity index (χ0) is 28.8. The molecule has 0 aromatic heterocycles. The summed E-state index contributed by atoms with van der Waals surface area (Å²) in [6, 6.07) is 2.88. The lowest BCUT2D eigenvalue weighted by Gasteiger charge is -2.29. The largest absolute Gasteiger partial charge is 0.545 e. The van der Waals surface area contributed by atoms with E-state index in [9.17, 15) is 39.6 Å². The van der Waals surface area contributed by atoms with Gasteiger partial charge in [0.1, 0.15) is 0 Å². The smallest absolute Gasteiger partial charge is 0.306 e. The van der Waals surface area contributed by atoms with E-state index in [0.717, 1.165) is 12.8 Å². The zero-order valence-electron chi connectivity index (χ0n) is 22.7. The normalized spacial score (nSPS) is 14.4. The number of hydrogen-bond acceptors (Lipinski definition) is 8. The fraction of sp³-hybridized carbons (Fsp3) is 0.643. The topological polar surface area (TPSA) is 155 Å². The van der Waals surface area contributed by atoms with Gasteiger partial charge in [0.05, 0.1) is 23.8 Å². The molecule has 0 aliphatic carbocycles. The van der Waals surface area contributed by atoms with E-state index in [1.807, 2.05) is 27.7 Å². The Hall–Kier alpha value is -2.20. The molecular weight excluding hydrogens is 528 g/mol. The van der Waals surface area contributed by atoms with Crippen LogP contribution in [0.4, 0.5) is 0 Å². The third-order valence-electron chi connectivity index (χ3n) is 6.66. The maximum atomic E-state index is 12.3. The molecule has 8 nitrogen and oxygen atoms in total. The van der Waals surface area contributed by atoms with Gasteiger partial charge in [-0.25, -0.2) is 0 Å². The SMILES string of the molecule is CCCC(CCSC(CC)c1ccc(C(=O)[O-])c(C(=O)[O-])c1C(CC)SCCC(CCC)C(=O)O)C(=O)O. The number of benzene rings is 1. The molecule has 4 atom stereocenters. The Balaban J connectivity index is 3.40. The van der Waals surface area contributed by atoms with Crippen LogP contribution in [0.15, 0.2) is 12.1 Å². The van der Waals surface area contributed by atoms with Crippen LogP contribution < -0.4 is 10.2 Å². The maximum Gasteiger partial charge on any atom is 0.306 e. The Morgan fingerprint density at radius 1 is 0.737 bits per heavy atom. The van der Waals surface area contributed by atoms with E-state index in [-0.39, 0.29) is 5.25 Å². The molecule has 2 N–H and O–H groups in total. The summed E-state index contributed by atoms with van der Waals surface area (Å²) in [4.78, 5) is 47.2. The number of aliphatic carboxylic acids is 2. The van der Waals surface area contributed by atoms with Crippen LogP contribution in [0, 0.1) is 11.8 Å². The van der Waals surface area contributed by atoms with Crippen LogP contribution in [0.5, 0.6) is 0 Å². The Kier molecular flexibility index (Phi) is 15.5.